The fourth-order valence-corrected chi connectivity index (χ4v) is 3.97. The standard InChI is InChI=1S/C20H22N4OS/c1-23(2)15-7-5-14(6-8-15)12-24-10-9-17-16(13-24)20(25)22-19(21-17)18-4-3-11-26-18/h3-8,11H,9-10,12-13H2,1-2H3,(H,21,22,25). The molecule has 0 saturated heterocycles. The predicted octanol–water partition coefficient (Wildman–Crippen LogP) is 3.12. The normalized spacial score (nSPS) is 14.2. The molecule has 1 aliphatic heterocycles. The van der Waals surface area contributed by atoms with Crippen LogP contribution in [0.1, 0.15) is 16.8 Å². The minimum atomic E-state index is -0.00828. The number of fused-ring (bicyclic) bond motifs is 1. The van der Waals surface area contributed by atoms with Gasteiger partial charge in [0, 0.05) is 45.8 Å². The Morgan fingerprint density at radius 3 is 2.73 bits per heavy atom. The van der Waals surface area contributed by atoms with Crippen molar-refractivity contribution < 1.29 is 0 Å². The molecule has 0 unspecified atom stereocenters. The second-order valence-corrected chi connectivity index (χ2v) is 7.79. The minimum Gasteiger partial charge on any atom is -0.378 e. The second kappa shape index (κ2) is 7.05. The number of thiophene rings is 1. The summed E-state index contributed by atoms with van der Waals surface area (Å²) in [4.78, 5) is 25.7. The molecule has 0 atom stereocenters. The van der Waals surface area contributed by atoms with Gasteiger partial charge in [-0.3, -0.25) is 9.69 Å². The number of hydrogen-bond donors (Lipinski definition) is 1. The second-order valence-electron chi connectivity index (χ2n) is 6.84. The van der Waals surface area contributed by atoms with Crippen LogP contribution in [0.4, 0.5) is 5.69 Å². The van der Waals surface area contributed by atoms with Crippen molar-refractivity contribution in [1.29, 1.82) is 0 Å². The van der Waals surface area contributed by atoms with E-state index < -0.39 is 0 Å². The summed E-state index contributed by atoms with van der Waals surface area (Å²) in [5.41, 5.74) is 4.20. The van der Waals surface area contributed by atoms with E-state index in [2.05, 4.69) is 39.0 Å². The molecule has 5 nitrogen and oxygen atoms in total. The molecule has 2 aromatic heterocycles. The monoisotopic (exact) mass is 366 g/mol. The lowest BCUT2D eigenvalue weighted by Crippen LogP contribution is -2.35. The van der Waals surface area contributed by atoms with Crippen molar-refractivity contribution in [2.45, 2.75) is 19.5 Å². The van der Waals surface area contributed by atoms with E-state index in [-0.39, 0.29) is 5.56 Å². The van der Waals surface area contributed by atoms with Crippen molar-refractivity contribution >= 4 is 17.0 Å². The SMILES string of the molecule is CN(C)c1ccc(CN2CCc3nc(-c4cccs4)[nH]c(=O)c3C2)cc1. The number of H-pyrrole nitrogens is 1. The first-order valence-electron chi connectivity index (χ1n) is 8.75. The van der Waals surface area contributed by atoms with Crippen LogP contribution in [0.5, 0.6) is 0 Å². The molecule has 6 heteroatoms. The molecule has 0 bridgehead atoms. The van der Waals surface area contributed by atoms with Gasteiger partial charge in [-0.15, -0.1) is 11.3 Å². The predicted molar refractivity (Wildman–Crippen MR) is 107 cm³/mol. The van der Waals surface area contributed by atoms with E-state index in [1.165, 1.54) is 11.3 Å². The third-order valence-electron chi connectivity index (χ3n) is 4.76. The van der Waals surface area contributed by atoms with Crippen LogP contribution in [0.2, 0.25) is 0 Å². The Balaban J connectivity index is 1.52. The molecule has 0 amide bonds. The zero-order chi connectivity index (χ0) is 18.1. The van der Waals surface area contributed by atoms with E-state index in [4.69, 9.17) is 4.98 Å². The number of nitrogens with zero attached hydrogens (tertiary/aromatic N) is 3. The first-order valence-corrected chi connectivity index (χ1v) is 9.62. The highest BCUT2D eigenvalue weighted by Gasteiger charge is 2.21. The van der Waals surface area contributed by atoms with Gasteiger partial charge in [0.05, 0.1) is 16.1 Å². The van der Waals surface area contributed by atoms with Crippen LogP contribution in [0.15, 0.2) is 46.6 Å². The Labute approximate surface area is 156 Å². The van der Waals surface area contributed by atoms with E-state index in [1.54, 1.807) is 11.3 Å². The van der Waals surface area contributed by atoms with Crippen LogP contribution in [-0.4, -0.2) is 35.5 Å². The van der Waals surface area contributed by atoms with Gasteiger partial charge in [-0.05, 0) is 29.1 Å². The van der Waals surface area contributed by atoms with Crippen LogP contribution < -0.4 is 10.5 Å². The van der Waals surface area contributed by atoms with E-state index in [1.807, 2.05) is 31.6 Å². The number of nitrogens with one attached hydrogen (secondary N) is 1. The smallest absolute Gasteiger partial charge is 0.255 e. The molecule has 26 heavy (non-hydrogen) atoms. The molecule has 3 heterocycles. The fourth-order valence-electron chi connectivity index (χ4n) is 3.30. The van der Waals surface area contributed by atoms with Crippen LogP contribution in [0.3, 0.4) is 0 Å². The zero-order valence-corrected chi connectivity index (χ0v) is 15.8. The number of anilines is 1. The Morgan fingerprint density at radius 2 is 2.04 bits per heavy atom. The zero-order valence-electron chi connectivity index (χ0n) is 15.0. The largest absolute Gasteiger partial charge is 0.378 e. The summed E-state index contributed by atoms with van der Waals surface area (Å²) in [6, 6.07) is 12.6. The topological polar surface area (TPSA) is 52.2 Å². The number of benzene rings is 1. The Hall–Kier alpha value is -2.44. The number of aromatic nitrogens is 2. The maximum Gasteiger partial charge on any atom is 0.255 e. The lowest BCUT2D eigenvalue weighted by atomic mass is 10.1. The summed E-state index contributed by atoms with van der Waals surface area (Å²) in [6.45, 7) is 2.42. The van der Waals surface area contributed by atoms with E-state index in [0.29, 0.717) is 12.4 Å². The summed E-state index contributed by atoms with van der Waals surface area (Å²) in [5, 5.41) is 2.00. The van der Waals surface area contributed by atoms with E-state index in [9.17, 15) is 4.79 Å². The maximum absolute atomic E-state index is 12.6. The fraction of sp³-hybridized carbons (Fsp3) is 0.300. The van der Waals surface area contributed by atoms with E-state index >= 15 is 0 Å². The van der Waals surface area contributed by atoms with Gasteiger partial charge in [0.1, 0.15) is 0 Å². The molecule has 3 aromatic rings. The van der Waals surface area contributed by atoms with Crippen LogP contribution >= 0.6 is 11.3 Å². The van der Waals surface area contributed by atoms with Gasteiger partial charge in [0.2, 0.25) is 0 Å². The molecular formula is C20H22N4OS. The van der Waals surface area contributed by atoms with Gasteiger partial charge in [-0.2, -0.15) is 0 Å². The minimum absolute atomic E-state index is 0.00828. The van der Waals surface area contributed by atoms with Crippen molar-refractivity contribution in [1.82, 2.24) is 14.9 Å². The van der Waals surface area contributed by atoms with Crippen molar-refractivity contribution in [2.24, 2.45) is 0 Å². The van der Waals surface area contributed by atoms with Crippen molar-refractivity contribution in [3.63, 3.8) is 0 Å². The van der Waals surface area contributed by atoms with Gasteiger partial charge >= 0.3 is 0 Å². The molecule has 1 aromatic carbocycles. The number of rotatable bonds is 4. The van der Waals surface area contributed by atoms with Gasteiger partial charge in [0.25, 0.3) is 5.56 Å². The molecular weight excluding hydrogens is 344 g/mol. The molecule has 4 rings (SSSR count). The quantitative estimate of drug-likeness (QED) is 0.771. The van der Waals surface area contributed by atoms with Crippen LogP contribution in [0.25, 0.3) is 10.7 Å². The Bertz CT molecular complexity index is 945. The maximum atomic E-state index is 12.6. The average molecular weight is 366 g/mol. The average Bonchev–Trinajstić information content (AvgIpc) is 3.17. The summed E-state index contributed by atoms with van der Waals surface area (Å²) in [7, 11) is 4.08. The highest BCUT2D eigenvalue weighted by Crippen LogP contribution is 2.23. The molecule has 0 fully saturated rings. The molecule has 134 valence electrons. The lowest BCUT2D eigenvalue weighted by molar-refractivity contribution is 0.242. The number of aromatic amines is 1. The third-order valence-corrected chi connectivity index (χ3v) is 5.64. The summed E-state index contributed by atoms with van der Waals surface area (Å²) < 4.78 is 0. The molecule has 0 spiro atoms. The third kappa shape index (κ3) is 3.43. The molecule has 1 aliphatic rings. The molecule has 0 saturated carbocycles. The van der Waals surface area contributed by atoms with Crippen molar-refractivity contribution in [3.05, 3.63) is 69.0 Å². The molecule has 0 radical (unpaired) electrons. The number of hydrogen-bond acceptors (Lipinski definition) is 5. The highest BCUT2D eigenvalue weighted by atomic mass is 32.1. The van der Waals surface area contributed by atoms with E-state index in [0.717, 1.165) is 35.6 Å². The molecule has 1 N–H and O–H groups in total. The first-order chi connectivity index (χ1) is 12.6. The van der Waals surface area contributed by atoms with Crippen molar-refractivity contribution in [3.8, 4) is 10.7 Å². The van der Waals surface area contributed by atoms with Gasteiger partial charge < -0.3 is 9.88 Å². The Morgan fingerprint density at radius 1 is 1.23 bits per heavy atom. The molecule has 0 aliphatic carbocycles. The summed E-state index contributed by atoms with van der Waals surface area (Å²) >= 11 is 1.59. The lowest BCUT2D eigenvalue weighted by Gasteiger charge is -2.27. The van der Waals surface area contributed by atoms with Gasteiger partial charge in [-0.25, -0.2) is 4.98 Å². The van der Waals surface area contributed by atoms with Gasteiger partial charge in [0.15, 0.2) is 5.82 Å². The van der Waals surface area contributed by atoms with Crippen LogP contribution in [-0.2, 0) is 19.5 Å². The first kappa shape index (κ1) is 17.0. The summed E-state index contributed by atoms with van der Waals surface area (Å²) in [5.74, 6) is 0.691. The highest BCUT2D eigenvalue weighted by molar-refractivity contribution is 7.13. The van der Waals surface area contributed by atoms with Crippen molar-refractivity contribution in [2.75, 3.05) is 25.5 Å². The van der Waals surface area contributed by atoms with Crippen LogP contribution in [0, 0.1) is 0 Å². The summed E-state index contributed by atoms with van der Waals surface area (Å²) in [6.07, 6.45) is 0.813. The Kier molecular flexibility index (Phi) is 4.61. The van der Waals surface area contributed by atoms with Gasteiger partial charge in [-0.1, -0.05) is 18.2 Å².